The van der Waals surface area contributed by atoms with Gasteiger partial charge in [-0.15, -0.1) is 0 Å². The molecule has 3 saturated carbocycles. The smallest absolute Gasteiger partial charge is 0.330 e. The van der Waals surface area contributed by atoms with Crippen molar-refractivity contribution in [1.29, 1.82) is 0 Å². The largest absolute Gasteiger partial charge is 0.478 e. The van der Waals surface area contributed by atoms with Gasteiger partial charge in [0.15, 0.2) is 0 Å². The van der Waals surface area contributed by atoms with Gasteiger partial charge in [-0.2, -0.15) is 0 Å². The minimum absolute atomic E-state index is 0. The molecule has 0 spiro atoms. The molecule has 3 fully saturated rings. The summed E-state index contributed by atoms with van der Waals surface area (Å²) in [5.41, 5.74) is 0.352. The Morgan fingerprint density at radius 2 is 0.364 bits per heavy atom. The molecule has 3 aliphatic rings. The second kappa shape index (κ2) is 41.4. The third-order valence-electron chi connectivity index (χ3n) is 8.23. The van der Waals surface area contributed by atoms with E-state index in [1.165, 1.54) is 206 Å². The number of aliphatic carboxylic acids is 2. The summed E-state index contributed by atoms with van der Waals surface area (Å²) in [7, 11) is 0. The van der Waals surface area contributed by atoms with Crippen LogP contribution >= 0.6 is 0 Å². The lowest BCUT2D eigenvalue weighted by Gasteiger charge is -2.05. The molecular formula is C40H80O4. The van der Waals surface area contributed by atoms with Crippen LogP contribution in [0.3, 0.4) is 0 Å². The van der Waals surface area contributed by atoms with Crippen LogP contribution < -0.4 is 0 Å². The predicted molar refractivity (Wildman–Crippen MR) is 197 cm³/mol. The van der Waals surface area contributed by atoms with Crippen molar-refractivity contribution in [1.82, 2.24) is 0 Å². The molecule has 0 aromatic carbocycles. The Kier molecular flexibility index (Phi) is 46.4. The van der Waals surface area contributed by atoms with Gasteiger partial charge >= 0.3 is 11.9 Å². The first kappa shape index (κ1) is 49.3. The third-order valence-corrected chi connectivity index (χ3v) is 8.23. The number of hydrogen-bond donors (Lipinski definition) is 2. The fourth-order valence-corrected chi connectivity index (χ4v) is 5.30. The number of carboxylic acids is 2. The zero-order chi connectivity index (χ0) is 31.5. The average molecular weight is 625 g/mol. The summed E-state index contributed by atoms with van der Waals surface area (Å²) >= 11 is 0. The van der Waals surface area contributed by atoms with E-state index in [4.69, 9.17) is 10.2 Å². The van der Waals surface area contributed by atoms with Crippen molar-refractivity contribution in [2.24, 2.45) is 0 Å². The minimum Gasteiger partial charge on any atom is -0.478 e. The quantitative estimate of drug-likeness (QED) is 0.300. The first-order valence-electron chi connectivity index (χ1n) is 18.1. The molecule has 2 N–H and O–H groups in total. The predicted octanol–water partition coefficient (Wildman–Crippen LogP) is 14.3. The van der Waals surface area contributed by atoms with E-state index in [0.717, 1.165) is 0 Å². The normalized spacial score (nSPS) is 18.4. The lowest BCUT2D eigenvalue weighted by molar-refractivity contribution is -0.133. The van der Waals surface area contributed by atoms with E-state index in [-0.39, 0.29) is 26.0 Å². The molecule has 0 atom stereocenters. The van der Waals surface area contributed by atoms with Gasteiger partial charge in [-0.05, 0) is 13.8 Å². The maximum Gasteiger partial charge on any atom is 0.330 e. The van der Waals surface area contributed by atoms with Crippen LogP contribution in [0.1, 0.15) is 221 Å². The molecule has 264 valence electrons. The number of rotatable bonds is 2. The third kappa shape index (κ3) is 47.4. The van der Waals surface area contributed by atoms with Crippen LogP contribution in [0.5, 0.6) is 0 Å². The highest BCUT2D eigenvalue weighted by atomic mass is 16.4. The van der Waals surface area contributed by atoms with E-state index < -0.39 is 11.9 Å². The molecule has 0 bridgehead atoms. The molecule has 3 aliphatic carbocycles. The van der Waals surface area contributed by atoms with Crippen LogP contribution in [0.25, 0.3) is 0 Å². The Bertz CT molecular complexity index is 430. The summed E-state index contributed by atoms with van der Waals surface area (Å²) in [6, 6.07) is 0. The molecule has 4 heteroatoms. The van der Waals surface area contributed by atoms with Gasteiger partial charge in [-0.3, -0.25) is 0 Å². The Balaban J connectivity index is -0.000000229. The number of carbonyl (C=O) groups is 2. The number of carboxylic acid groups (broad SMARTS) is 2. The lowest BCUT2D eigenvalue weighted by atomic mass is 10.0. The van der Waals surface area contributed by atoms with Gasteiger partial charge < -0.3 is 10.2 Å². The van der Waals surface area contributed by atoms with Crippen LogP contribution in [0.4, 0.5) is 0 Å². The molecule has 44 heavy (non-hydrogen) atoms. The molecule has 3 rings (SSSR count). The second-order valence-corrected chi connectivity index (χ2v) is 12.8. The molecule has 4 nitrogen and oxygen atoms in total. The summed E-state index contributed by atoms with van der Waals surface area (Å²) in [6.45, 7) is 9.20. The fourth-order valence-electron chi connectivity index (χ4n) is 5.30. The highest BCUT2D eigenvalue weighted by molar-refractivity contribution is 5.85. The van der Waals surface area contributed by atoms with E-state index in [1.807, 2.05) is 0 Å². The van der Waals surface area contributed by atoms with Crippen molar-refractivity contribution < 1.29 is 19.8 Å². The van der Waals surface area contributed by atoms with Gasteiger partial charge in [0.2, 0.25) is 0 Å². The topological polar surface area (TPSA) is 74.6 Å². The Hall–Kier alpha value is -1.58. The molecule has 0 heterocycles. The average Bonchev–Trinajstić information content (AvgIpc) is 2.99. The van der Waals surface area contributed by atoms with Crippen molar-refractivity contribution in [3.63, 3.8) is 0 Å². The van der Waals surface area contributed by atoms with Crippen molar-refractivity contribution in [3.05, 3.63) is 24.3 Å². The monoisotopic (exact) mass is 625 g/mol. The maximum absolute atomic E-state index is 9.60. The first-order chi connectivity index (χ1) is 20.3. The SMILES string of the molecule is C.C.C1CCCCCCCCC1.C1CCCCCCCCC1.C1CCCCCCCCC1.C=C(C)C(=O)O.C=C(C)C(=O)O. The Labute approximate surface area is 277 Å². The highest BCUT2D eigenvalue weighted by Crippen LogP contribution is 2.17. The first-order valence-corrected chi connectivity index (χ1v) is 18.1. The summed E-state index contributed by atoms with van der Waals surface area (Å²) in [6.07, 6.45) is 45.0. The summed E-state index contributed by atoms with van der Waals surface area (Å²) in [5.74, 6) is -1.87. The molecule has 0 aliphatic heterocycles. The van der Waals surface area contributed by atoms with Crippen LogP contribution in [-0.4, -0.2) is 22.2 Å². The van der Waals surface area contributed by atoms with Crippen LogP contribution in [0.15, 0.2) is 24.3 Å². The van der Waals surface area contributed by atoms with Gasteiger partial charge in [0, 0.05) is 11.1 Å². The summed E-state index contributed by atoms with van der Waals surface area (Å²) in [4.78, 5) is 19.2. The van der Waals surface area contributed by atoms with Gasteiger partial charge in [0.1, 0.15) is 0 Å². The molecular weight excluding hydrogens is 544 g/mol. The van der Waals surface area contributed by atoms with Crippen LogP contribution in [-0.2, 0) is 9.59 Å². The summed E-state index contributed by atoms with van der Waals surface area (Å²) < 4.78 is 0. The molecule has 0 unspecified atom stereocenters. The van der Waals surface area contributed by atoms with E-state index in [1.54, 1.807) is 0 Å². The van der Waals surface area contributed by atoms with Crippen molar-refractivity contribution in [2.75, 3.05) is 0 Å². The molecule has 0 saturated heterocycles. The standard InChI is InChI=1S/3C10H20.2C4H6O2.2CH4/c3*1-2-4-6-8-10-9-7-5-3-1;2*1-3(2)4(5)6;;/h3*1-10H2;2*1H2,2H3,(H,5,6);2*1H4. The van der Waals surface area contributed by atoms with Gasteiger partial charge in [-0.25, -0.2) is 9.59 Å². The van der Waals surface area contributed by atoms with Gasteiger partial charge in [0.05, 0.1) is 0 Å². The van der Waals surface area contributed by atoms with E-state index in [9.17, 15) is 9.59 Å². The van der Waals surface area contributed by atoms with Crippen LogP contribution in [0.2, 0.25) is 0 Å². The molecule has 0 radical (unpaired) electrons. The fraction of sp³-hybridized carbons (Fsp3) is 0.850. The molecule has 0 aromatic rings. The zero-order valence-corrected chi connectivity index (χ0v) is 28.3. The van der Waals surface area contributed by atoms with Crippen LogP contribution in [0, 0.1) is 0 Å². The lowest BCUT2D eigenvalue weighted by Crippen LogP contribution is -1.92. The maximum atomic E-state index is 9.60. The summed E-state index contributed by atoms with van der Waals surface area (Å²) in [5, 5.41) is 15.8. The zero-order valence-electron chi connectivity index (χ0n) is 28.3. The second-order valence-electron chi connectivity index (χ2n) is 12.8. The van der Waals surface area contributed by atoms with E-state index in [0.29, 0.717) is 0 Å². The van der Waals surface area contributed by atoms with Crippen molar-refractivity contribution in [2.45, 2.75) is 221 Å². The number of hydrogen-bond acceptors (Lipinski definition) is 2. The minimum atomic E-state index is -0.935. The van der Waals surface area contributed by atoms with Gasteiger partial charge in [0.25, 0.3) is 0 Å². The van der Waals surface area contributed by atoms with E-state index >= 15 is 0 Å². The highest BCUT2D eigenvalue weighted by Gasteiger charge is 1.98. The molecule has 0 aromatic heterocycles. The van der Waals surface area contributed by atoms with Gasteiger partial charge in [-0.1, -0.05) is 221 Å². The van der Waals surface area contributed by atoms with Crippen molar-refractivity contribution >= 4 is 11.9 Å². The van der Waals surface area contributed by atoms with Crippen molar-refractivity contribution in [3.8, 4) is 0 Å². The molecule has 0 amide bonds. The van der Waals surface area contributed by atoms with E-state index in [2.05, 4.69) is 13.2 Å². The Morgan fingerprint density at radius 3 is 0.386 bits per heavy atom. The Morgan fingerprint density at radius 1 is 0.318 bits per heavy atom.